The Hall–Kier alpha value is -0.0800. The normalized spacial score (nSPS) is 23.4. The summed E-state index contributed by atoms with van der Waals surface area (Å²) >= 11 is 0. The van der Waals surface area contributed by atoms with Crippen LogP contribution in [0.15, 0.2) is 0 Å². The lowest BCUT2D eigenvalue weighted by molar-refractivity contribution is 0.0581. The van der Waals surface area contributed by atoms with Crippen molar-refractivity contribution in [1.82, 2.24) is 5.32 Å². The fourth-order valence-electron chi connectivity index (χ4n) is 2.77. The summed E-state index contributed by atoms with van der Waals surface area (Å²) in [6.07, 6.45) is 8.77. The summed E-state index contributed by atoms with van der Waals surface area (Å²) < 4.78 is 5.50. The summed E-state index contributed by atoms with van der Waals surface area (Å²) in [6.45, 7) is 5.43. The minimum absolute atomic E-state index is 0.341. The smallest absolute Gasteiger partial charge is 0.0698 e. The van der Waals surface area contributed by atoms with Gasteiger partial charge in [-0.1, -0.05) is 32.6 Å². The van der Waals surface area contributed by atoms with Crippen molar-refractivity contribution < 1.29 is 4.74 Å². The van der Waals surface area contributed by atoms with Crippen LogP contribution in [0.4, 0.5) is 0 Å². The van der Waals surface area contributed by atoms with Crippen LogP contribution in [-0.2, 0) is 4.74 Å². The van der Waals surface area contributed by atoms with Crippen LogP contribution in [0.5, 0.6) is 0 Å². The van der Waals surface area contributed by atoms with Crippen LogP contribution in [0, 0.1) is 5.92 Å². The Kier molecular flexibility index (Phi) is 6.26. The summed E-state index contributed by atoms with van der Waals surface area (Å²) in [5.41, 5.74) is 0. The topological polar surface area (TPSA) is 21.3 Å². The zero-order valence-corrected chi connectivity index (χ0v) is 10.6. The molecule has 15 heavy (non-hydrogen) atoms. The van der Waals surface area contributed by atoms with Gasteiger partial charge in [-0.15, -0.1) is 0 Å². The van der Waals surface area contributed by atoms with Gasteiger partial charge < -0.3 is 10.1 Å². The molecule has 2 nitrogen and oxygen atoms in total. The van der Waals surface area contributed by atoms with Crippen LogP contribution in [0.3, 0.4) is 0 Å². The number of ether oxygens (including phenoxy) is 1. The SMILES string of the molecule is CCNC(C1CCCCCC1)C(C)OC. The molecule has 0 radical (unpaired) electrons. The van der Waals surface area contributed by atoms with E-state index < -0.39 is 0 Å². The van der Waals surface area contributed by atoms with Crippen LogP contribution in [0.1, 0.15) is 52.4 Å². The maximum atomic E-state index is 5.50. The van der Waals surface area contributed by atoms with Gasteiger partial charge >= 0.3 is 0 Å². The molecule has 0 heterocycles. The second-order valence-electron chi connectivity index (χ2n) is 4.78. The van der Waals surface area contributed by atoms with Crippen molar-refractivity contribution in [2.24, 2.45) is 5.92 Å². The maximum Gasteiger partial charge on any atom is 0.0698 e. The van der Waals surface area contributed by atoms with Gasteiger partial charge in [0, 0.05) is 13.2 Å². The maximum absolute atomic E-state index is 5.50. The van der Waals surface area contributed by atoms with E-state index in [0.29, 0.717) is 12.1 Å². The standard InChI is InChI=1S/C13H27NO/c1-4-14-13(11(2)15-3)12-9-7-5-6-8-10-12/h11-14H,4-10H2,1-3H3. The number of likely N-dealkylation sites (N-methyl/N-ethyl adjacent to an activating group) is 1. The lowest BCUT2D eigenvalue weighted by Gasteiger charge is -2.31. The lowest BCUT2D eigenvalue weighted by atomic mass is 9.88. The summed E-state index contributed by atoms with van der Waals surface area (Å²) in [6, 6.07) is 0.554. The van der Waals surface area contributed by atoms with E-state index in [0.717, 1.165) is 12.5 Å². The van der Waals surface area contributed by atoms with Gasteiger partial charge in [0.25, 0.3) is 0 Å². The first-order chi connectivity index (χ1) is 7.29. The molecule has 2 atom stereocenters. The average Bonchev–Trinajstić information content (AvgIpc) is 2.53. The molecule has 1 aliphatic carbocycles. The number of nitrogens with one attached hydrogen (secondary N) is 1. The van der Waals surface area contributed by atoms with E-state index in [9.17, 15) is 0 Å². The van der Waals surface area contributed by atoms with Crippen LogP contribution in [-0.4, -0.2) is 25.8 Å². The van der Waals surface area contributed by atoms with Gasteiger partial charge in [0.05, 0.1) is 6.10 Å². The summed E-state index contributed by atoms with van der Waals surface area (Å²) in [7, 11) is 1.83. The van der Waals surface area contributed by atoms with E-state index in [1.165, 1.54) is 38.5 Å². The van der Waals surface area contributed by atoms with Crippen molar-refractivity contribution in [3.05, 3.63) is 0 Å². The van der Waals surface area contributed by atoms with Gasteiger partial charge in [-0.3, -0.25) is 0 Å². The quantitative estimate of drug-likeness (QED) is 0.709. The summed E-state index contributed by atoms with van der Waals surface area (Å²) in [4.78, 5) is 0. The highest BCUT2D eigenvalue weighted by molar-refractivity contribution is 4.82. The number of hydrogen-bond acceptors (Lipinski definition) is 2. The Labute approximate surface area is 94.8 Å². The van der Waals surface area contributed by atoms with Crippen LogP contribution >= 0.6 is 0 Å². The van der Waals surface area contributed by atoms with Crippen LogP contribution in [0.2, 0.25) is 0 Å². The predicted molar refractivity (Wildman–Crippen MR) is 65.1 cm³/mol. The molecule has 0 amide bonds. The molecule has 0 aromatic heterocycles. The highest BCUT2D eigenvalue weighted by Gasteiger charge is 2.26. The number of methoxy groups -OCH3 is 1. The average molecular weight is 213 g/mol. The molecule has 1 saturated carbocycles. The van der Waals surface area contributed by atoms with E-state index in [2.05, 4.69) is 19.2 Å². The van der Waals surface area contributed by atoms with Crippen LogP contribution < -0.4 is 5.32 Å². The molecule has 1 rings (SSSR count). The van der Waals surface area contributed by atoms with E-state index in [1.807, 2.05) is 7.11 Å². The van der Waals surface area contributed by atoms with E-state index in [1.54, 1.807) is 0 Å². The molecule has 0 aromatic rings. The molecule has 0 saturated heterocycles. The molecular weight excluding hydrogens is 186 g/mol. The largest absolute Gasteiger partial charge is 0.380 e. The third-order valence-corrected chi connectivity index (χ3v) is 3.73. The van der Waals surface area contributed by atoms with Crippen molar-refractivity contribution in [2.75, 3.05) is 13.7 Å². The van der Waals surface area contributed by atoms with Crippen molar-refractivity contribution in [2.45, 2.75) is 64.5 Å². The molecule has 2 unspecified atom stereocenters. The van der Waals surface area contributed by atoms with E-state index in [4.69, 9.17) is 4.74 Å². The molecule has 0 bridgehead atoms. The first kappa shape index (κ1) is 13.0. The van der Waals surface area contributed by atoms with Crippen molar-refractivity contribution in [3.63, 3.8) is 0 Å². The van der Waals surface area contributed by atoms with E-state index in [-0.39, 0.29) is 0 Å². The van der Waals surface area contributed by atoms with E-state index >= 15 is 0 Å². The third kappa shape index (κ3) is 4.12. The van der Waals surface area contributed by atoms with Crippen molar-refractivity contribution in [1.29, 1.82) is 0 Å². The zero-order chi connectivity index (χ0) is 11.1. The third-order valence-electron chi connectivity index (χ3n) is 3.73. The second-order valence-corrected chi connectivity index (χ2v) is 4.78. The van der Waals surface area contributed by atoms with Gasteiger partial charge in [0.15, 0.2) is 0 Å². The Balaban J connectivity index is 2.51. The van der Waals surface area contributed by atoms with Gasteiger partial charge in [-0.2, -0.15) is 0 Å². The monoisotopic (exact) mass is 213 g/mol. The molecule has 0 aromatic carbocycles. The molecule has 1 aliphatic rings. The Bertz CT molecular complexity index is 153. The molecule has 0 aliphatic heterocycles. The van der Waals surface area contributed by atoms with Gasteiger partial charge in [0.1, 0.15) is 0 Å². The molecule has 1 N–H and O–H groups in total. The highest BCUT2D eigenvalue weighted by Crippen LogP contribution is 2.27. The predicted octanol–water partition coefficient (Wildman–Crippen LogP) is 2.97. The minimum Gasteiger partial charge on any atom is -0.380 e. The van der Waals surface area contributed by atoms with Crippen LogP contribution in [0.25, 0.3) is 0 Å². The van der Waals surface area contributed by atoms with Crippen molar-refractivity contribution >= 4 is 0 Å². The fourth-order valence-corrected chi connectivity index (χ4v) is 2.77. The Morgan fingerprint density at radius 2 is 1.80 bits per heavy atom. The molecule has 2 heteroatoms. The number of hydrogen-bond donors (Lipinski definition) is 1. The first-order valence-electron chi connectivity index (χ1n) is 6.55. The Morgan fingerprint density at radius 1 is 1.20 bits per heavy atom. The van der Waals surface area contributed by atoms with Gasteiger partial charge in [-0.25, -0.2) is 0 Å². The fraction of sp³-hybridized carbons (Fsp3) is 1.00. The highest BCUT2D eigenvalue weighted by atomic mass is 16.5. The first-order valence-corrected chi connectivity index (χ1v) is 6.55. The zero-order valence-electron chi connectivity index (χ0n) is 10.6. The van der Waals surface area contributed by atoms with Gasteiger partial charge in [0.2, 0.25) is 0 Å². The minimum atomic E-state index is 0.341. The van der Waals surface area contributed by atoms with Crippen molar-refractivity contribution in [3.8, 4) is 0 Å². The number of rotatable bonds is 5. The molecule has 1 fully saturated rings. The lowest BCUT2D eigenvalue weighted by Crippen LogP contribution is -2.44. The summed E-state index contributed by atoms with van der Waals surface area (Å²) in [5, 5.41) is 3.61. The summed E-state index contributed by atoms with van der Waals surface area (Å²) in [5.74, 6) is 0.822. The second kappa shape index (κ2) is 7.24. The molecule has 90 valence electrons. The molecular formula is C13H27NO. The van der Waals surface area contributed by atoms with Gasteiger partial charge in [-0.05, 0) is 32.2 Å². The molecule has 0 spiro atoms. The Morgan fingerprint density at radius 3 is 2.27 bits per heavy atom.